The summed E-state index contributed by atoms with van der Waals surface area (Å²) in [6.07, 6.45) is -14.4. The zero-order chi connectivity index (χ0) is 116. The molecule has 0 radical (unpaired) electrons. The molecule has 12 heterocycles. The van der Waals surface area contributed by atoms with Gasteiger partial charge >= 0.3 is 48.4 Å². The number of fused-ring (bicyclic) bond motifs is 4. The van der Waals surface area contributed by atoms with Gasteiger partial charge in [0.05, 0.1) is 56.9 Å². The number of aromatic amines is 3. The molecule has 816 valence electrons. The van der Waals surface area contributed by atoms with Gasteiger partial charge in [0.2, 0.25) is 23.4 Å². The van der Waals surface area contributed by atoms with Gasteiger partial charge in [-0.05, 0) is 89.8 Å². The Kier molecular flexibility index (Phi) is 29.6. The molecule has 8 N–H and O–H groups in total. The number of carbonyl (C=O) groups excluding carboxylic acids is 1. The Labute approximate surface area is 854 Å². The van der Waals surface area contributed by atoms with E-state index in [9.17, 15) is 72.2 Å². The van der Waals surface area contributed by atoms with Crippen molar-refractivity contribution in [2.45, 2.75) is 334 Å². The zero-order valence-corrected chi connectivity index (χ0v) is 89.2. The van der Waals surface area contributed by atoms with Gasteiger partial charge in [-0.25, -0.2) is 67.8 Å². The molecule has 0 aliphatic carbocycles. The minimum Gasteiger partial charge on any atom is -0.403 e. The van der Waals surface area contributed by atoms with Crippen molar-refractivity contribution < 1.29 is 160 Å². The van der Waals surface area contributed by atoms with E-state index in [2.05, 4.69) is 11.9 Å². The maximum atomic E-state index is 16.1. The second-order valence-electron chi connectivity index (χ2n) is 44.8. The molecule has 16 atom stereocenters. The number of benzene rings is 4. The van der Waals surface area contributed by atoms with E-state index in [0.717, 1.165) is 58.5 Å². The number of aromatic nitrogens is 6. The molecule has 4 fully saturated rings. The van der Waals surface area contributed by atoms with Crippen molar-refractivity contribution in [3.63, 3.8) is 0 Å². The minimum atomic E-state index is -4.96. The number of hydrogen-bond acceptors (Lipinski definition) is 32. The van der Waals surface area contributed by atoms with Crippen LogP contribution < -0.4 is 57.2 Å². The number of aliphatic hydroxyl groups is 4. The molecule has 0 bridgehead atoms. The van der Waals surface area contributed by atoms with Gasteiger partial charge in [-0.1, -0.05) is 173 Å². The van der Waals surface area contributed by atoms with Crippen LogP contribution >= 0.6 is 31.3 Å². The van der Waals surface area contributed by atoms with Crippen molar-refractivity contribution in [1.82, 2.24) is 38.9 Å². The normalized spacial score (nSPS) is 30.4. The van der Waals surface area contributed by atoms with Crippen molar-refractivity contribution in [2.24, 2.45) is 0 Å². The number of phosphoric acid groups is 4. The molecule has 3 aromatic heterocycles. The van der Waals surface area contributed by atoms with Gasteiger partial charge in [-0.2, -0.15) is 0 Å². The van der Waals surface area contributed by atoms with Crippen molar-refractivity contribution in [3.05, 3.63) is 238 Å². The number of halogens is 8. The van der Waals surface area contributed by atoms with Gasteiger partial charge in [0.1, 0.15) is 103 Å². The lowest BCUT2D eigenvalue weighted by Gasteiger charge is -2.34. The Morgan fingerprint density at radius 3 is 0.953 bits per heavy atom. The summed E-state index contributed by atoms with van der Waals surface area (Å²) in [7, 11) is -18.8. The first-order valence-corrected chi connectivity index (χ1v) is 52.3. The lowest BCUT2D eigenvalue weighted by atomic mass is 9.78. The van der Waals surface area contributed by atoms with Crippen LogP contribution in [-0.4, -0.2) is 140 Å². The number of nitrogens with zero attached hydrogens (tertiary/aromatic N) is 4. The third-order valence-electron chi connectivity index (χ3n) is 24.3. The number of ether oxygens (including phenoxy) is 4. The predicted octanol–water partition coefficient (Wildman–Crippen LogP) is 16.5. The van der Waals surface area contributed by atoms with E-state index in [4.69, 9.17) is 81.5 Å². The third kappa shape index (κ3) is 25.4. The van der Waals surface area contributed by atoms with E-state index in [1.807, 2.05) is 181 Å². The van der Waals surface area contributed by atoms with E-state index in [0.29, 0.717) is 53.6 Å². The maximum Gasteiger partial charge on any atom is 0.530 e. The monoisotopic (exact) mass is 2180 g/mol. The molecule has 51 heteroatoms. The Bertz CT molecular complexity index is 7310. The summed E-state index contributed by atoms with van der Waals surface area (Å²) in [6, 6.07) is 9.32. The molecule has 4 unspecified atom stereocenters. The molecule has 148 heavy (non-hydrogen) atoms. The fourth-order valence-corrected chi connectivity index (χ4v) is 21.3. The Hall–Kier alpha value is -9.41. The first-order chi connectivity index (χ1) is 69.9. The molecule has 39 nitrogen and oxygen atoms in total. The quantitative estimate of drug-likeness (QED) is 0.0329. The Morgan fingerprint density at radius 2 is 0.649 bits per heavy atom. The molecule has 16 rings (SSSR count). The summed E-state index contributed by atoms with van der Waals surface area (Å²) in [5, 5.41) is 43.9. The molecule has 4 aromatic carbocycles. The Morgan fingerprint density at radius 1 is 0.392 bits per heavy atom. The smallest absolute Gasteiger partial charge is 0.403 e. The summed E-state index contributed by atoms with van der Waals surface area (Å²) in [4.78, 5) is 88.3. The number of nitrogens with one attached hydrogen (secondary N) is 4. The summed E-state index contributed by atoms with van der Waals surface area (Å²) < 4.78 is 314. The maximum absolute atomic E-state index is 16.1. The lowest BCUT2D eigenvalue weighted by molar-refractivity contribution is -0.184. The molecular formula is C97H126F8N8O31P4. The largest absolute Gasteiger partial charge is 0.530 e. The second kappa shape index (κ2) is 40.9. The molecule has 1 amide bonds. The van der Waals surface area contributed by atoms with Gasteiger partial charge < -0.3 is 67.7 Å². The summed E-state index contributed by atoms with van der Waals surface area (Å²) in [5.74, 6) is -16.1. The summed E-state index contributed by atoms with van der Waals surface area (Å²) in [5.41, 5.74) is -6.18. The summed E-state index contributed by atoms with van der Waals surface area (Å²) >= 11 is 0. The van der Waals surface area contributed by atoms with Crippen LogP contribution in [0.5, 0.6) is 23.0 Å². The van der Waals surface area contributed by atoms with E-state index < -0.39 is 289 Å². The topological polar surface area (TPSA) is 494 Å². The SMILES string of the molecule is CC(C)(C)c1cc(C(C)(C)C)c2c(c1F)COP(=O)(OC[C@]1(F)C[C@@H](O)[C@H](n3ccc(=O)[nH]c3=O)O1)O2.[2H]C([2H])(OP1(=O)OCc2c(F)c(C(C)(C)C)cc(C(C)(C)C)c2O1)[C@]1(F)C[C@@H](O)[C@H](n2ccc(=O)[nH]c2=O)O1.[2H]C([2H])(OP1(=O)OCc2c(F)c(C(C)(C)C)cc(C(C)(C)C)c2O1)[C@]1(F)C[C@@H](O)[C@]([2H])(N2C=CC(=O)NC2=C)O1.[2H][C@@]1(n2ccc(=O)[nH]c2=O)O[C@](F)(COP2(=O)OCc3c(F)c(C(C)(C)C)cc(C(C)(C)C)c3O2)C[C@H]1O. The standard InChI is InChI=1S/C25H33F2N2O7P.3C24H31F2N2O8P/c1-14-28-19(31)8-9-29(14)22-18(30)11-25(27,35-22)13-34-37(32)33-12-15-20(26)16(23(2,3)4)10-17(21(15)36-37)24(5,6)7;3*1-22(2,3)14-9-15(23(4,5)6)19-13(18(14)25)11-33-37(32,36-19)34-12-24(26)10-16(29)20(35-24)28-8-7-17(30)27-21(28)31/h8-10,18,22,30H,1,11-13H2,2-7H3,(H,28,31);3*7-9,16,20,29H,10-12H2,1-6H3,(H,27,30,31)/t18-,22-,25+,37?;3*16-,20-,24+,37?/m1111/s1/i13D2,22D;20D;12D2;. The van der Waals surface area contributed by atoms with Gasteiger partial charge in [0.25, 0.3) is 22.6 Å². The summed E-state index contributed by atoms with van der Waals surface area (Å²) in [6.45, 7) is 36.5. The van der Waals surface area contributed by atoms with Crippen molar-refractivity contribution in [2.75, 3.05) is 26.3 Å². The second-order valence-corrected chi connectivity index (χ2v) is 51.0. The number of phosphoric ester groups is 4. The zero-order valence-electron chi connectivity index (χ0n) is 91.6. The molecule has 4 saturated heterocycles. The minimum absolute atomic E-state index is 0.0190. The van der Waals surface area contributed by atoms with Gasteiger partial charge in [0, 0.05) is 97.0 Å². The number of aliphatic hydroxyl groups excluding tert-OH is 4. The highest BCUT2D eigenvalue weighted by atomic mass is 31.2. The van der Waals surface area contributed by atoms with Crippen LogP contribution in [0.2, 0.25) is 0 Å². The molecule has 9 aliphatic rings. The van der Waals surface area contributed by atoms with Crippen molar-refractivity contribution in [3.8, 4) is 23.0 Å². The first-order valence-electron chi connectivity index (χ1n) is 49.5. The fraction of sp³-hybridized carbons (Fsp3) is 0.577. The molecular weight excluding hydrogens is 2050 g/mol. The Balaban J connectivity index is 0.000000170. The van der Waals surface area contributed by atoms with Gasteiger partial charge in [0.15, 0.2) is 24.9 Å². The highest BCUT2D eigenvalue weighted by Crippen LogP contribution is 2.65. The molecule has 7 aromatic rings. The molecule has 0 spiro atoms. The van der Waals surface area contributed by atoms with Crippen LogP contribution in [-0.2, 0) is 148 Å². The van der Waals surface area contributed by atoms with E-state index in [1.165, 1.54) is 0 Å². The van der Waals surface area contributed by atoms with E-state index in [1.54, 1.807) is 24.3 Å². The number of carbonyl (C=O) groups is 1. The lowest BCUT2D eigenvalue weighted by Crippen LogP contribution is -2.45. The van der Waals surface area contributed by atoms with E-state index >= 15 is 35.1 Å². The predicted molar refractivity (Wildman–Crippen MR) is 516 cm³/mol. The molecule has 0 saturated carbocycles. The highest BCUT2D eigenvalue weighted by Gasteiger charge is 2.58. The number of amides is 1. The third-order valence-corrected chi connectivity index (χ3v) is 29.2. The van der Waals surface area contributed by atoms with Crippen molar-refractivity contribution >= 4 is 37.2 Å². The van der Waals surface area contributed by atoms with Crippen LogP contribution in [0.1, 0.15) is 285 Å². The van der Waals surface area contributed by atoms with Gasteiger partial charge in [-0.3, -0.25) is 84.0 Å². The molecule has 9 aliphatic heterocycles. The number of rotatable bonds is 16. The number of H-pyrrole nitrogens is 3. The fourth-order valence-electron chi connectivity index (χ4n) is 16.6. The van der Waals surface area contributed by atoms with E-state index in [-0.39, 0.29) is 51.1 Å². The number of hydrogen-bond donors (Lipinski definition) is 8. The average Bonchev–Trinajstić information content (AvgIpc) is 1.50. The van der Waals surface area contributed by atoms with Crippen LogP contribution in [0, 0.1) is 23.3 Å². The average molecular weight is 2180 g/mol. The van der Waals surface area contributed by atoms with Crippen LogP contribution in [0.4, 0.5) is 35.1 Å². The van der Waals surface area contributed by atoms with Crippen LogP contribution in [0.25, 0.3) is 0 Å². The van der Waals surface area contributed by atoms with Crippen molar-refractivity contribution in [1.29, 1.82) is 0 Å². The van der Waals surface area contributed by atoms with Crippen LogP contribution in [0.15, 0.2) is 114 Å². The van der Waals surface area contributed by atoms with Gasteiger partial charge in [-0.15, -0.1) is 0 Å². The number of alkyl halides is 4. The first kappa shape index (κ1) is 107. The highest BCUT2D eigenvalue weighted by molar-refractivity contribution is 7.49. The van der Waals surface area contributed by atoms with Crippen LogP contribution in [0.3, 0.4) is 0 Å².